The van der Waals surface area contributed by atoms with Crippen LogP contribution < -0.4 is 5.73 Å². The number of carbonyl (C=O) groups excluding carboxylic acids is 2. The second-order valence-electron chi connectivity index (χ2n) is 1.98. The molecule has 0 bridgehead atoms. The summed E-state index contributed by atoms with van der Waals surface area (Å²) in [5.74, 6) is -0.398. The van der Waals surface area contributed by atoms with Crippen LogP contribution in [0.3, 0.4) is 0 Å². The van der Waals surface area contributed by atoms with Crippen molar-refractivity contribution in [2.45, 2.75) is 0 Å². The first-order valence-electron chi connectivity index (χ1n) is 2.90. The average molecular weight is 144 g/mol. The molecular formula is C5H8N2O3. The van der Waals surface area contributed by atoms with E-state index < -0.39 is 12.0 Å². The number of primary amides is 1. The quantitative estimate of drug-likeness (QED) is 0.440. The zero-order valence-electron chi connectivity index (χ0n) is 5.37. The van der Waals surface area contributed by atoms with Crippen LogP contribution >= 0.6 is 0 Å². The van der Waals surface area contributed by atoms with Gasteiger partial charge in [0, 0.05) is 0 Å². The molecule has 0 saturated carbocycles. The number of nitrogens with two attached hydrogens (primary N) is 1. The number of amides is 2. The van der Waals surface area contributed by atoms with Gasteiger partial charge in [0.1, 0.15) is 13.2 Å². The molecule has 1 rings (SSSR count). The van der Waals surface area contributed by atoms with Crippen molar-refractivity contribution in [3.8, 4) is 0 Å². The lowest BCUT2D eigenvalue weighted by molar-refractivity contribution is -0.148. The first kappa shape index (κ1) is 6.85. The maximum atomic E-state index is 10.5. The Labute approximate surface area is 57.7 Å². The average Bonchev–Trinajstić information content (AvgIpc) is 1.88. The van der Waals surface area contributed by atoms with E-state index in [1.54, 1.807) is 0 Å². The maximum absolute atomic E-state index is 10.5. The summed E-state index contributed by atoms with van der Waals surface area (Å²) in [5.41, 5.74) is 4.91. The molecule has 0 unspecified atom stereocenters. The van der Waals surface area contributed by atoms with Crippen LogP contribution in [0, 0.1) is 0 Å². The van der Waals surface area contributed by atoms with Crippen LogP contribution in [0.15, 0.2) is 0 Å². The molecule has 0 radical (unpaired) electrons. The summed E-state index contributed by atoms with van der Waals surface area (Å²) >= 11 is 0. The fraction of sp³-hybridized carbons (Fsp3) is 0.600. The molecule has 0 spiro atoms. The summed E-state index contributed by atoms with van der Waals surface area (Å²) < 4.78 is 4.57. The first-order chi connectivity index (χ1) is 4.70. The molecular weight excluding hydrogens is 136 g/mol. The number of urea groups is 1. The smallest absolute Gasteiger partial charge is 0.325 e. The third-order valence-corrected chi connectivity index (χ3v) is 1.26. The van der Waals surface area contributed by atoms with Crippen molar-refractivity contribution in [1.82, 2.24) is 4.90 Å². The van der Waals surface area contributed by atoms with Crippen LogP contribution in [0.1, 0.15) is 0 Å². The number of hydrogen-bond donors (Lipinski definition) is 1. The molecule has 5 nitrogen and oxygen atoms in total. The highest BCUT2D eigenvalue weighted by atomic mass is 16.5. The van der Waals surface area contributed by atoms with Crippen molar-refractivity contribution >= 4 is 12.0 Å². The Morgan fingerprint density at radius 3 is 2.80 bits per heavy atom. The Balaban J connectivity index is 2.47. The van der Waals surface area contributed by atoms with E-state index in [-0.39, 0.29) is 13.2 Å². The fourth-order valence-electron chi connectivity index (χ4n) is 0.738. The van der Waals surface area contributed by atoms with Crippen LogP contribution in [-0.4, -0.2) is 36.6 Å². The van der Waals surface area contributed by atoms with E-state index in [0.29, 0.717) is 6.54 Å². The van der Waals surface area contributed by atoms with E-state index in [1.807, 2.05) is 0 Å². The minimum absolute atomic E-state index is 0.0185. The highest BCUT2D eigenvalue weighted by molar-refractivity contribution is 5.80. The van der Waals surface area contributed by atoms with Gasteiger partial charge < -0.3 is 15.4 Å². The summed E-state index contributed by atoms with van der Waals surface area (Å²) in [4.78, 5) is 22.2. The van der Waals surface area contributed by atoms with Crippen LogP contribution in [0.4, 0.5) is 4.79 Å². The number of hydrogen-bond acceptors (Lipinski definition) is 3. The second-order valence-corrected chi connectivity index (χ2v) is 1.98. The Morgan fingerprint density at radius 1 is 1.70 bits per heavy atom. The number of cyclic esters (lactones) is 1. The second kappa shape index (κ2) is 2.55. The third-order valence-electron chi connectivity index (χ3n) is 1.26. The summed E-state index contributed by atoms with van der Waals surface area (Å²) in [6.45, 7) is 0.637. The van der Waals surface area contributed by atoms with Gasteiger partial charge in [-0.25, -0.2) is 4.79 Å². The largest absolute Gasteiger partial charge is 0.462 e. The van der Waals surface area contributed by atoms with E-state index in [9.17, 15) is 9.59 Å². The van der Waals surface area contributed by atoms with E-state index in [4.69, 9.17) is 5.73 Å². The Bertz CT molecular complexity index is 166. The number of nitrogens with zero attached hydrogens (tertiary/aromatic N) is 1. The molecule has 0 aliphatic carbocycles. The van der Waals surface area contributed by atoms with Crippen molar-refractivity contribution in [1.29, 1.82) is 0 Å². The number of morpholine rings is 1. The zero-order chi connectivity index (χ0) is 7.56. The van der Waals surface area contributed by atoms with Crippen LogP contribution in [-0.2, 0) is 9.53 Å². The van der Waals surface area contributed by atoms with Crippen molar-refractivity contribution in [2.24, 2.45) is 5.73 Å². The molecule has 56 valence electrons. The van der Waals surface area contributed by atoms with Gasteiger partial charge in [-0.05, 0) is 0 Å². The number of ether oxygens (including phenoxy) is 1. The third kappa shape index (κ3) is 1.37. The molecule has 1 heterocycles. The Morgan fingerprint density at radius 2 is 2.40 bits per heavy atom. The lowest BCUT2D eigenvalue weighted by Crippen LogP contribution is -2.45. The monoisotopic (exact) mass is 144 g/mol. The van der Waals surface area contributed by atoms with Gasteiger partial charge in [-0.3, -0.25) is 4.79 Å². The molecule has 1 aliphatic rings. The van der Waals surface area contributed by atoms with E-state index in [1.165, 1.54) is 4.90 Å². The summed E-state index contributed by atoms with van der Waals surface area (Å²) in [7, 11) is 0. The fourth-order valence-corrected chi connectivity index (χ4v) is 0.738. The molecule has 0 atom stereocenters. The van der Waals surface area contributed by atoms with E-state index >= 15 is 0 Å². The highest BCUT2D eigenvalue weighted by Gasteiger charge is 2.19. The predicted molar refractivity (Wildman–Crippen MR) is 32.1 cm³/mol. The minimum Gasteiger partial charge on any atom is -0.462 e. The van der Waals surface area contributed by atoms with Crippen molar-refractivity contribution in [2.75, 3.05) is 19.7 Å². The van der Waals surface area contributed by atoms with Crippen LogP contribution in [0.25, 0.3) is 0 Å². The van der Waals surface area contributed by atoms with Gasteiger partial charge in [0.05, 0.1) is 6.54 Å². The van der Waals surface area contributed by atoms with Gasteiger partial charge in [0.25, 0.3) is 0 Å². The summed E-state index contributed by atoms with van der Waals surface area (Å²) in [5, 5.41) is 0. The molecule has 1 fully saturated rings. The Kier molecular flexibility index (Phi) is 1.75. The number of rotatable bonds is 0. The predicted octanol–water partition coefficient (Wildman–Crippen LogP) is -1.08. The molecule has 1 saturated heterocycles. The molecule has 1 aliphatic heterocycles. The van der Waals surface area contributed by atoms with Gasteiger partial charge in [-0.1, -0.05) is 0 Å². The molecule has 2 N–H and O–H groups in total. The van der Waals surface area contributed by atoms with Crippen molar-refractivity contribution < 1.29 is 14.3 Å². The number of esters is 1. The summed E-state index contributed by atoms with van der Waals surface area (Å²) in [6.07, 6.45) is 0. The van der Waals surface area contributed by atoms with Crippen molar-refractivity contribution in [3.63, 3.8) is 0 Å². The summed E-state index contributed by atoms with van der Waals surface area (Å²) in [6, 6.07) is -0.573. The first-order valence-corrected chi connectivity index (χ1v) is 2.90. The zero-order valence-corrected chi connectivity index (χ0v) is 5.37. The lowest BCUT2D eigenvalue weighted by atomic mass is 10.4. The molecule has 0 aromatic carbocycles. The minimum atomic E-state index is -0.573. The molecule has 2 amide bonds. The maximum Gasteiger partial charge on any atom is 0.325 e. The van der Waals surface area contributed by atoms with Gasteiger partial charge in [-0.15, -0.1) is 0 Å². The van der Waals surface area contributed by atoms with Gasteiger partial charge in [0.2, 0.25) is 0 Å². The van der Waals surface area contributed by atoms with Gasteiger partial charge in [0.15, 0.2) is 0 Å². The van der Waals surface area contributed by atoms with Gasteiger partial charge in [-0.2, -0.15) is 0 Å². The van der Waals surface area contributed by atoms with Crippen LogP contribution in [0.5, 0.6) is 0 Å². The molecule has 0 aromatic heterocycles. The topological polar surface area (TPSA) is 72.6 Å². The van der Waals surface area contributed by atoms with Crippen LogP contribution in [0.2, 0.25) is 0 Å². The van der Waals surface area contributed by atoms with E-state index in [0.717, 1.165) is 0 Å². The number of carbonyl (C=O) groups is 2. The normalized spacial score (nSPS) is 18.4. The van der Waals surface area contributed by atoms with Crippen molar-refractivity contribution in [3.05, 3.63) is 0 Å². The molecule has 0 aromatic rings. The lowest BCUT2D eigenvalue weighted by Gasteiger charge is -2.23. The highest BCUT2D eigenvalue weighted by Crippen LogP contribution is 1.96. The van der Waals surface area contributed by atoms with E-state index in [2.05, 4.69) is 4.74 Å². The van der Waals surface area contributed by atoms with Gasteiger partial charge >= 0.3 is 12.0 Å². The Hall–Kier alpha value is -1.26. The molecule has 5 heteroatoms. The SMILES string of the molecule is NC(=O)N1CCOC(=O)C1. The standard InChI is InChI=1S/C5H8N2O3/c6-5(9)7-1-2-10-4(8)3-7/h1-3H2,(H2,6,9). The molecule has 10 heavy (non-hydrogen) atoms.